The minimum Gasteiger partial charge on any atom is -0.377 e. The largest absolute Gasteiger partial charge is 0.377 e. The minimum atomic E-state index is -0.820. The number of hydrogen-bond acceptors (Lipinski definition) is 4. The predicted octanol–water partition coefficient (Wildman–Crippen LogP) is 2.07. The molecule has 3 rings (SSSR count). The third kappa shape index (κ3) is 1.70. The first-order chi connectivity index (χ1) is 9.39. The number of nitrogens with one attached hydrogen (secondary N) is 1. The Hall–Kier alpha value is -0.910. The van der Waals surface area contributed by atoms with Crippen LogP contribution in [0.15, 0.2) is 17.5 Å². The Morgan fingerprint density at radius 1 is 1.60 bits per heavy atom. The van der Waals surface area contributed by atoms with Crippen molar-refractivity contribution in [3.05, 3.63) is 22.4 Å². The first-order valence-corrected chi connectivity index (χ1v) is 8.02. The highest BCUT2D eigenvalue weighted by Crippen LogP contribution is 2.58. The number of hydrogen-bond donors (Lipinski definition) is 2. The molecule has 2 fully saturated rings. The van der Waals surface area contributed by atoms with Crippen LogP contribution < -0.4 is 11.1 Å². The molecule has 1 saturated carbocycles. The van der Waals surface area contributed by atoms with Crippen molar-refractivity contribution in [2.45, 2.75) is 44.9 Å². The van der Waals surface area contributed by atoms with Crippen molar-refractivity contribution in [3.63, 3.8) is 0 Å². The SMILES string of the molecule is C[C@H](NC(=O)C1(N)C2CCOC2C1(C)C)c1cccs1. The number of fused-ring (bicyclic) bond motifs is 1. The van der Waals surface area contributed by atoms with E-state index >= 15 is 0 Å². The molecule has 0 spiro atoms. The highest BCUT2D eigenvalue weighted by molar-refractivity contribution is 7.10. The zero-order chi connectivity index (χ0) is 14.5. The van der Waals surface area contributed by atoms with Gasteiger partial charge in [-0.25, -0.2) is 0 Å². The average Bonchev–Trinajstić information content (AvgIpc) is 3.07. The van der Waals surface area contributed by atoms with Crippen molar-refractivity contribution in [3.8, 4) is 0 Å². The Labute approximate surface area is 123 Å². The van der Waals surface area contributed by atoms with E-state index in [2.05, 4.69) is 5.32 Å². The molecule has 1 amide bonds. The number of rotatable bonds is 3. The van der Waals surface area contributed by atoms with Crippen LogP contribution in [-0.4, -0.2) is 24.2 Å². The van der Waals surface area contributed by atoms with Crippen molar-refractivity contribution >= 4 is 17.2 Å². The molecule has 4 atom stereocenters. The summed E-state index contributed by atoms with van der Waals surface area (Å²) in [7, 11) is 0. The van der Waals surface area contributed by atoms with Gasteiger partial charge in [0.05, 0.1) is 12.1 Å². The zero-order valence-electron chi connectivity index (χ0n) is 12.2. The molecular weight excluding hydrogens is 272 g/mol. The lowest BCUT2D eigenvalue weighted by Gasteiger charge is -2.60. The number of carbonyl (C=O) groups excluding carboxylic acids is 1. The summed E-state index contributed by atoms with van der Waals surface area (Å²) in [5.74, 6) is 0.100. The van der Waals surface area contributed by atoms with Gasteiger partial charge >= 0.3 is 0 Å². The molecule has 0 bridgehead atoms. The molecule has 1 saturated heterocycles. The maximum absolute atomic E-state index is 12.7. The molecule has 2 heterocycles. The zero-order valence-corrected chi connectivity index (χ0v) is 13.0. The Morgan fingerprint density at radius 3 is 3.00 bits per heavy atom. The number of thiophene rings is 1. The van der Waals surface area contributed by atoms with Crippen molar-refractivity contribution < 1.29 is 9.53 Å². The smallest absolute Gasteiger partial charge is 0.241 e. The molecule has 0 radical (unpaired) electrons. The molecule has 3 N–H and O–H groups in total. The van der Waals surface area contributed by atoms with Crippen LogP contribution in [0.5, 0.6) is 0 Å². The van der Waals surface area contributed by atoms with Crippen LogP contribution in [0.3, 0.4) is 0 Å². The monoisotopic (exact) mass is 294 g/mol. The highest BCUT2D eigenvalue weighted by Gasteiger charge is 2.71. The van der Waals surface area contributed by atoms with Gasteiger partial charge in [-0.15, -0.1) is 11.3 Å². The van der Waals surface area contributed by atoms with E-state index in [1.54, 1.807) is 11.3 Å². The fourth-order valence-electron chi connectivity index (χ4n) is 3.77. The highest BCUT2D eigenvalue weighted by atomic mass is 32.1. The van der Waals surface area contributed by atoms with Crippen LogP contribution in [0.25, 0.3) is 0 Å². The first kappa shape index (κ1) is 14.0. The number of amides is 1. The van der Waals surface area contributed by atoms with Gasteiger partial charge in [-0.2, -0.15) is 0 Å². The third-order valence-electron chi connectivity index (χ3n) is 5.15. The van der Waals surface area contributed by atoms with Crippen LogP contribution in [-0.2, 0) is 9.53 Å². The normalized spacial score (nSPS) is 36.0. The molecule has 20 heavy (non-hydrogen) atoms. The molecule has 1 aliphatic carbocycles. The summed E-state index contributed by atoms with van der Waals surface area (Å²) in [6, 6.07) is 4.03. The molecule has 1 aliphatic heterocycles. The topological polar surface area (TPSA) is 64.4 Å². The maximum Gasteiger partial charge on any atom is 0.241 e. The first-order valence-electron chi connectivity index (χ1n) is 7.14. The maximum atomic E-state index is 12.7. The number of ether oxygens (including phenoxy) is 1. The molecule has 1 aromatic rings. The van der Waals surface area contributed by atoms with Gasteiger partial charge in [-0.1, -0.05) is 19.9 Å². The summed E-state index contributed by atoms with van der Waals surface area (Å²) in [5, 5.41) is 5.10. The molecule has 1 aromatic heterocycles. The molecule has 0 aromatic carbocycles. The van der Waals surface area contributed by atoms with Crippen molar-refractivity contribution in [1.29, 1.82) is 0 Å². The Morgan fingerprint density at radius 2 is 2.35 bits per heavy atom. The van der Waals surface area contributed by atoms with Crippen molar-refractivity contribution in [1.82, 2.24) is 5.32 Å². The average molecular weight is 294 g/mol. The standard InChI is InChI=1S/C15H22N2O2S/c1-9(11-5-4-8-20-11)17-13(18)15(16)10-6-7-19-12(10)14(15,2)3/h4-5,8-10,12H,6-7,16H2,1-3H3,(H,17,18)/t9-,10?,12?,15?/m0/s1. The van der Waals surface area contributed by atoms with E-state index in [4.69, 9.17) is 10.5 Å². The Bertz CT molecular complexity index is 514. The molecular formula is C15H22N2O2S. The molecule has 4 nitrogen and oxygen atoms in total. The van der Waals surface area contributed by atoms with Gasteiger partial charge in [0.2, 0.25) is 5.91 Å². The van der Waals surface area contributed by atoms with Gasteiger partial charge in [0, 0.05) is 22.8 Å². The van der Waals surface area contributed by atoms with E-state index in [-0.39, 0.29) is 29.4 Å². The lowest BCUT2D eigenvalue weighted by atomic mass is 9.48. The Kier molecular flexibility index (Phi) is 3.19. The van der Waals surface area contributed by atoms with Crippen molar-refractivity contribution in [2.24, 2.45) is 17.1 Å². The third-order valence-corrected chi connectivity index (χ3v) is 6.20. The summed E-state index contributed by atoms with van der Waals surface area (Å²) in [4.78, 5) is 13.9. The van der Waals surface area contributed by atoms with Gasteiger partial charge in [-0.05, 0) is 24.8 Å². The van der Waals surface area contributed by atoms with E-state index in [0.717, 1.165) is 11.3 Å². The summed E-state index contributed by atoms with van der Waals surface area (Å²) in [6.45, 7) is 6.79. The van der Waals surface area contributed by atoms with Gasteiger partial charge in [-0.3, -0.25) is 4.79 Å². The lowest BCUT2D eigenvalue weighted by Crippen LogP contribution is -2.80. The van der Waals surface area contributed by atoms with E-state index in [1.807, 2.05) is 38.3 Å². The second-order valence-corrected chi connectivity index (χ2v) is 7.47. The van der Waals surface area contributed by atoms with Crippen LogP contribution in [0.2, 0.25) is 0 Å². The fraction of sp³-hybridized carbons (Fsp3) is 0.667. The summed E-state index contributed by atoms with van der Waals surface area (Å²) >= 11 is 1.65. The van der Waals surface area contributed by atoms with Gasteiger partial charge in [0.1, 0.15) is 5.54 Å². The van der Waals surface area contributed by atoms with Gasteiger partial charge < -0.3 is 15.8 Å². The van der Waals surface area contributed by atoms with E-state index in [0.29, 0.717) is 6.61 Å². The Balaban J connectivity index is 1.77. The van der Waals surface area contributed by atoms with Gasteiger partial charge in [0.25, 0.3) is 0 Å². The van der Waals surface area contributed by atoms with Crippen LogP contribution in [0, 0.1) is 11.3 Å². The lowest BCUT2D eigenvalue weighted by molar-refractivity contribution is -0.175. The predicted molar refractivity (Wildman–Crippen MR) is 79.4 cm³/mol. The summed E-state index contributed by atoms with van der Waals surface area (Å²) < 4.78 is 5.73. The summed E-state index contributed by atoms with van der Waals surface area (Å²) in [6.07, 6.45) is 1.00. The van der Waals surface area contributed by atoms with E-state index in [9.17, 15) is 4.79 Å². The second kappa shape index (κ2) is 4.55. The van der Waals surface area contributed by atoms with Gasteiger partial charge in [0.15, 0.2) is 0 Å². The molecule has 110 valence electrons. The molecule has 5 heteroatoms. The van der Waals surface area contributed by atoms with E-state index < -0.39 is 5.54 Å². The summed E-state index contributed by atoms with van der Waals surface area (Å²) in [5.41, 5.74) is 5.39. The quantitative estimate of drug-likeness (QED) is 0.897. The van der Waals surface area contributed by atoms with Crippen LogP contribution in [0.4, 0.5) is 0 Å². The molecule has 2 aliphatic rings. The van der Waals surface area contributed by atoms with Crippen molar-refractivity contribution in [2.75, 3.05) is 6.61 Å². The number of carbonyl (C=O) groups is 1. The molecule has 3 unspecified atom stereocenters. The fourth-order valence-corrected chi connectivity index (χ4v) is 4.50. The van der Waals surface area contributed by atoms with Crippen LogP contribution >= 0.6 is 11.3 Å². The van der Waals surface area contributed by atoms with E-state index in [1.165, 1.54) is 0 Å². The number of nitrogens with two attached hydrogens (primary N) is 1. The second-order valence-electron chi connectivity index (χ2n) is 6.49. The van der Waals surface area contributed by atoms with Crippen LogP contribution in [0.1, 0.15) is 38.1 Å². The minimum absolute atomic E-state index is 0.0000893.